The predicted molar refractivity (Wildman–Crippen MR) is 105 cm³/mol. The molecule has 0 aliphatic rings. The second-order valence-electron chi connectivity index (χ2n) is 7.74. The molecule has 5 nitrogen and oxygen atoms in total. The second kappa shape index (κ2) is 6.97. The van der Waals surface area contributed by atoms with E-state index in [-0.39, 0.29) is 16.4 Å². The average molecular weight is 359 g/mol. The summed E-state index contributed by atoms with van der Waals surface area (Å²) >= 11 is 0. The standard InChI is InChI=1S/C19H26N2O3Si/c1-19(2,3)25(4,5)24-13-15-8-6-7-9-16(15)14-10-11-18(21(22)23)17(20)12-14/h6-12H,13,20H2,1-5H3. The molecule has 0 bridgehead atoms. The molecular weight excluding hydrogens is 332 g/mol. The van der Waals surface area contributed by atoms with Crippen molar-refractivity contribution in [3.63, 3.8) is 0 Å². The van der Waals surface area contributed by atoms with E-state index in [1.54, 1.807) is 12.1 Å². The van der Waals surface area contributed by atoms with Gasteiger partial charge < -0.3 is 10.2 Å². The Morgan fingerprint density at radius 3 is 2.36 bits per heavy atom. The van der Waals surface area contributed by atoms with Crippen LogP contribution in [0, 0.1) is 10.1 Å². The van der Waals surface area contributed by atoms with Crippen LogP contribution in [0.15, 0.2) is 42.5 Å². The van der Waals surface area contributed by atoms with E-state index in [4.69, 9.17) is 10.2 Å². The van der Waals surface area contributed by atoms with Crippen molar-refractivity contribution in [2.45, 2.75) is 45.5 Å². The number of rotatable bonds is 5. The van der Waals surface area contributed by atoms with Gasteiger partial charge in [-0.2, -0.15) is 0 Å². The van der Waals surface area contributed by atoms with Gasteiger partial charge >= 0.3 is 0 Å². The number of hydrogen-bond donors (Lipinski definition) is 1. The van der Waals surface area contributed by atoms with Crippen LogP contribution in [0.5, 0.6) is 0 Å². The van der Waals surface area contributed by atoms with Gasteiger partial charge in [-0.15, -0.1) is 0 Å². The molecular formula is C19H26N2O3Si. The number of benzene rings is 2. The largest absolute Gasteiger partial charge is 0.413 e. The molecule has 2 aromatic rings. The van der Waals surface area contributed by atoms with E-state index >= 15 is 0 Å². The smallest absolute Gasteiger partial charge is 0.292 e. The van der Waals surface area contributed by atoms with Gasteiger partial charge in [0.2, 0.25) is 0 Å². The van der Waals surface area contributed by atoms with Crippen LogP contribution in [-0.4, -0.2) is 13.2 Å². The Balaban J connectivity index is 2.33. The molecule has 134 valence electrons. The highest BCUT2D eigenvalue weighted by Gasteiger charge is 2.37. The summed E-state index contributed by atoms with van der Waals surface area (Å²) in [6, 6.07) is 12.8. The fourth-order valence-corrected chi connectivity index (χ4v) is 3.24. The SMILES string of the molecule is CC(C)(C)[Si](C)(C)OCc1ccccc1-c1ccc([N+](=O)[O-])c(N)c1. The summed E-state index contributed by atoms with van der Waals surface area (Å²) in [7, 11) is -1.86. The normalized spacial score (nSPS) is 12.2. The zero-order valence-electron chi connectivity index (χ0n) is 15.5. The number of nitro groups is 1. The summed E-state index contributed by atoms with van der Waals surface area (Å²) in [5, 5.41) is 11.1. The minimum absolute atomic E-state index is 0.0706. The summed E-state index contributed by atoms with van der Waals surface area (Å²) in [6.07, 6.45) is 0. The third-order valence-corrected chi connectivity index (χ3v) is 9.43. The Morgan fingerprint density at radius 2 is 1.80 bits per heavy atom. The van der Waals surface area contributed by atoms with Crippen LogP contribution in [0.3, 0.4) is 0 Å². The number of nitrogen functional groups attached to an aromatic ring is 1. The topological polar surface area (TPSA) is 78.4 Å². The van der Waals surface area contributed by atoms with Gasteiger partial charge in [0, 0.05) is 6.07 Å². The summed E-state index contributed by atoms with van der Waals surface area (Å²) in [6.45, 7) is 11.6. The van der Waals surface area contributed by atoms with Crippen molar-refractivity contribution in [3.8, 4) is 11.1 Å². The lowest BCUT2D eigenvalue weighted by Gasteiger charge is -2.36. The summed E-state index contributed by atoms with van der Waals surface area (Å²) in [5.74, 6) is 0. The zero-order valence-corrected chi connectivity index (χ0v) is 16.5. The van der Waals surface area contributed by atoms with Crippen molar-refractivity contribution in [1.29, 1.82) is 0 Å². The zero-order chi connectivity index (χ0) is 18.8. The molecule has 0 fully saturated rings. The van der Waals surface area contributed by atoms with Crippen LogP contribution >= 0.6 is 0 Å². The van der Waals surface area contributed by atoms with Gasteiger partial charge in [-0.1, -0.05) is 45.0 Å². The van der Waals surface area contributed by atoms with Crippen LogP contribution in [0.2, 0.25) is 18.1 Å². The highest BCUT2D eigenvalue weighted by Crippen LogP contribution is 2.38. The van der Waals surface area contributed by atoms with Crippen LogP contribution in [0.25, 0.3) is 11.1 Å². The molecule has 2 N–H and O–H groups in total. The maximum Gasteiger partial charge on any atom is 0.292 e. The van der Waals surface area contributed by atoms with Gasteiger partial charge in [0.1, 0.15) is 5.69 Å². The van der Waals surface area contributed by atoms with E-state index in [1.807, 2.05) is 24.3 Å². The molecule has 0 saturated heterocycles. The van der Waals surface area contributed by atoms with Gasteiger partial charge in [0.15, 0.2) is 8.32 Å². The third kappa shape index (κ3) is 4.27. The number of nitrogens with two attached hydrogens (primary N) is 1. The first-order valence-electron chi connectivity index (χ1n) is 8.29. The van der Waals surface area contributed by atoms with Crippen LogP contribution in [0.4, 0.5) is 11.4 Å². The molecule has 2 aromatic carbocycles. The molecule has 0 spiro atoms. The van der Waals surface area contributed by atoms with Gasteiger partial charge in [0.05, 0.1) is 11.5 Å². The molecule has 6 heteroatoms. The number of anilines is 1. The third-order valence-electron chi connectivity index (χ3n) is 4.95. The summed E-state index contributed by atoms with van der Waals surface area (Å²) in [5.41, 5.74) is 8.85. The molecule has 0 aromatic heterocycles. The van der Waals surface area contributed by atoms with Crippen LogP contribution in [-0.2, 0) is 11.0 Å². The maximum atomic E-state index is 11.0. The van der Waals surface area contributed by atoms with Gasteiger partial charge in [-0.05, 0) is 47.0 Å². The molecule has 0 unspecified atom stereocenters. The van der Waals surface area contributed by atoms with Crippen molar-refractivity contribution in [2.75, 3.05) is 5.73 Å². The maximum absolute atomic E-state index is 11.0. The Hall–Kier alpha value is -2.18. The summed E-state index contributed by atoms with van der Waals surface area (Å²) < 4.78 is 6.33. The summed E-state index contributed by atoms with van der Waals surface area (Å²) in [4.78, 5) is 10.5. The predicted octanol–water partition coefficient (Wildman–Crippen LogP) is 5.37. The van der Waals surface area contributed by atoms with Gasteiger partial charge in [0.25, 0.3) is 5.69 Å². The van der Waals surface area contributed by atoms with E-state index in [0.717, 1.165) is 16.7 Å². The van der Waals surface area contributed by atoms with E-state index in [9.17, 15) is 10.1 Å². The molecule has 0 aliphatic heterocycles. The lowest BCUT2D eigenvalue weighted by molar-refractivity contribution is -0.383. The van der Waals surface area contributed by atoms with E-state index in [1.165, 1.54) is 6.07 Å². The molecule has 0 aliphatic carbocycles. The van der Waals surface area contributed by atoms with Crippen molar-refractivity contribution in [2.24, 2.45) is 0 Å². The van der Waals surface area contributed by atoms with Crippen molar-refractivity contribution in [1.82, 2.24) is 0 Å². The molecule has 0 amide bonds. The Bertz CT molecular complexity index is 782. The number of nitro benzene ring substituents is 1. The van der Waals surface area contributed by atoms with Crippen molar-refractivity contribution in [3.05, 3.63) is 58.1 Å². The minimum atomic E-state index is -1.86. The highest BCUT2D eigenvalue weighted by atomic mass is 28.4. The Kier molecular flexibility index (Phi) is 5.34. The van der Waals surface area contributed by atoms with Gasteiger partial charge in [-0.3, -0.25) is 10.1 Å². The monoisotopic (exact) mass is 358 g/mol. The van der Waals surface area contributed by atoms with E-state index in [0.29, 0.717) is 6.61 Å². The number of hydrogen-bond acceptors (Lipinski definition) is 4. The van der Waals surface area contributed by atoms with Crippen molar-refractivity contribution >= 4 is 19.7 Å². The van der Waals surface area contributed by atoms with Gasteiger partial charge in [-0.25, -0.2) is 0 Å². The second-order valence-corrected chi connectivity index (χ2v) is 12.5. The molecule has 0 radical (unpaired) electrons. The Morgan fingerprint density at radius 1 is 1.16 bits per heavy atom. The Labute approximate surface area is 150 Å². The quantitative estimate of drug-likeness (QED) is 0.337. The van der Waals surface area contributed by atoms with E-state index in [2.05, 4.69) is 33.9 Å². The minimum Gasteiger partial charge on any atom is -0.413 e. The first-order valence-corrected chi connectivity index (χ1v) is 11.2. The van der Waals surface area contributed by atoms with Crippen LogP contribution in [0.1, 0.15) is 26.3 Å². The first-order chi connectivity index (χ1) is 11.5. The molecule has 0 saturated carbocycles. The fraction of sp³-hybridized carbons (Fsp3) is 0.368. The lowest BCUT2D eigenvalue weighted by Crippen LogP contribution is -2.40. The fourth-order valence-electron chi connectivity index (χ4n) is 2.29. The molecule has 25 heavy (non-hydrogen) atoms. The number of nitrogens with zero attached hydrogens (tertiary/aromatic N) is 1. The molecule has 0 atom stereocenters. The average Bonchev–Trinajstić information content (AvgIpc) is 2.51. The molecule has 2 rings (SSSR count). The lowest BCUT2D eigenvalue weighted by atomic mass is 9.99. The first kappa shape index (κ1) is 19.1. The van der Waals surface area contributed by atoms with Crippen molar-refractivity contribution < 1.29 is 9.35 Å². The van der Waals surface area contributed by atoms with Crippen LogP contribution < -0.4 is 5.73 Å². The van der Waals surface area contributed by atoms with E-state index < -0.39 is 13.2 Å². The molecule has 0 heterocycles. The highest BCUT2D eigenvalue weighted by molar-refractivity contribution is 6.74.